The van der Waals surface area contributed by atoms with Crippen LogP contribution in [-0.2, 0) is 0 Å². The molecule has 11 heavy (non-hydrogen) atoms. The van der Waals surface area contributed by atoms with Crippen LogP contribution in [0.15, 0.2) is 28.5 Å². The number of aliphatic hydroxyl groups excluding tert-OH is 1. The van der Waals surface area contributed by atoms with Gasteiger partial charge < -0.3 is 5.11 Å². The predicted molar refractivity (Wildman–Crippen MR) is 44.1 cm³/mol. The van der Waals surface area contributed by atoms with Gasteiger partial charge in [0.1, 0.15) is 6.10 Å². The van der Waals surface area contributed by atoms with Crippen molar-refractivity contribution in [1.82, 2.24) is 0 Å². The van der Waals surface area contributed by atoms with E-state index in [9.17, 15) is 5.11 Å². The topological polar surface area (TPSA) is 20.2 Å². The minimum absolute atomic E-state index is 0.0816. The van der Waals surface area contributed by atoms with Crippen molar-refractivity contribution < 1.29 is 5.11 Å². The standard InChI is InChI=1S/C10H12O/c1-6-4-9(11)8-5-7(6)10(8,2)3/h4,9,11H,1-3H3/t9-/m0/s1. The fraction of sp³-hybridized carbons (Fsp3) is 0.500. The lowest BCUT2D eigenvalue weighted by Gasteiger charge is -2.41. The van der Waals surface area contributed by atoms with E-state index >= 15 is 0 Å². The van der Waals surface area contributed by atoms with Crippen LogP contribution >= 0.6 is 0 Å². The molecule has 0 aromatic heterocycles. The maximum absolute atomic E-state index is 9.53. The zero-order chi connectivity index (χ0) is 8.22. The Kier molecular flexibility index (Phi) is 1.06. The molecular formula is C10H12O. The van der Waals surface area contributed by atoms with E-state index in [4.69, 9.17) is 0 Å². The van der Waals surface area contributed by atoms with Gasteiger partial charge in [-0.2, -0.15) is 0 Å². The average Bonchev–Trinajstić information content (AvgIpc) is 1.84. The molecular weight excluding hydrogens is 136 g/mol. The second-order valence-electron chi connectivity index (χ2n) is 3.83. The third-order valence-electron chi connectivity index (χ3n) is 2.66. The molecule has 0 aromatic carbocycles. The molecule has 0 unspecified atom stereocenters. The Morgan fingerprint density at radius 2 is 2.18 bits per heavy atom. The first-order chi connectivity index (χ1) is 5.03. The highest BCUT2D eigenvalue weighted by Gasteiger charge is 2.41. The lowest BCUT2D eigenvalue weighted by Crippen LogP contribution is -2.35. The molecule has 0 spiro atoms. The second-order valence-corrected chi connectivity index (χ2v) is 3.83. The van der Waals surface area contributed by atoms with Gasteiger partial charge in [0.15, 0.2) is 0 Å². The number of aliphatic hydroxyl groups is 1. The fourth-order valence-corrected chi connectivity index (χ4v) is 1.96. The molecule has 3 rings (SSSR count). The monoisotopic (exact) mass is 148 g/mol. The summed E-state index contributed by atoms with van der Waals surface area (Å²) in [5.74, 6) is 0. The van der Waals surface area contributed by atoms with E-state index < -0.39 is 0 Å². The Balaban J connectivity index is 2.55. The summed E-state index contributed by atoms with van der Waals surface area (Å²) in [6.07, 6.45) is 1.51. The fourth-order valence-electron chi connectivity index (χ4n) is 1.96. The number of allylic oxidation sites excluding steroid dienone is 1. The zero-order valence-corrected chi connectivity index (χ0v) is 7.10. The quantitative estimate of drug-likeness (QED) is 0.519. The van der Waals surface area contributed by atoms with Crippen LogP contribution in [0.3, 0.4) is 0 Å². The molecule has 2 bridgehead atoms. The molecule has 1 atom stereocenters. The van der Waals surface area contributed by atoms with Gasteiger partial charge in [0.05, 0.1) is 0 Å². The van der Waals surface area contributed by atoms with Crippen LogP contribution in [0.2, 0.25) is 0 Å². The summed E-state index contributed by atoms with van der Waals surface area (Å²) in [6, 6.07) is 0. The molecule has 0 saturated heterocycles. The lowest BCUT2D eigenvalue weighted by atomic mass is 9.63. The zero-order valence-electron chi connectivity index (χ0n) is 7.10. The molecule has 0 fully saturated rings. The summed E-state index contributed by atoms with van der Waals surface area (Å²) < 4.78 is 0. The Morgan fingerprint density at radius 1 is 1.55 bits per heavy atom. The van der Waals surface area contributed by atoms with Crippen LogP contribution in [0, 0.1) is 5.41 Å². The summed E-state index contributed by atoms with van der Waals surface area (Å²) in [5.41, 5.74) is 6.75. The van der Waals surface area contributed by atoms with Gasteiger partial charge in [-0.3, -0.25) is 0 Å². The van der Waals surface area contributed by atoms with Crippen LogP contribution in [0.1, 0.15) is 20.8 Å². The van der Waals surface area contributed by atoms with Crippen molar-refractivity contribution in [3.05, 3.63) is 28.5 Å². The third kappa shape index (κ3) is 0.649. The van der Waals surface area contributed by atoms with Crippen molar-refractivity contribution in [2.24, 2.45) is 5.41 Å². The van der Waals surface area contributed by atoms with Crippen molar-refractivity contribution in [2.45, 2.75) is 26.9 Å². The van der Waals surface area contributed by atoms with Crippen molar-refractivity contribution in [2.75, 3.05) is 0 Å². The molecule has 0 radical (unpaired) electrons. The van der Waals surface area contributed by atoms with Crippen LogP contribution in [0.25, 0.3) is 0 Å². The maximum Gasteiger partial charge on any atom is 0.102 e. The number of hydrogen-bond acceptors (Lipinski definition) is 1. The predicted octanol–water partition coefficient (Wildman–Crippen LogP) is 1.80. The number of fused-ring (bicyclic) bond motifs is 1. The van der Waals surface area contributed by atoms with Crippen molar-refractivity contribution in [3.8, 4) is 0 Å². The normalized spacial score (nSPS) is 31.6. The van der Waals surface area contributed by atoms with Crippen LogP contribution in [0.5, 0.6) is 0 Å². The molecule has 1 N–H and O–H groups in total. The Morgan fingerprint density at radius 3 is 2.55 bits per heavy atom. The Bertz CT molecular complexity index is 312. The molecule has 0 aromatic rings. The Labute approximate surface area is 66.7 Å². The lowest BCUT2D eigenvalue weighted by molar-refractivity contribution is 0.219. The summed E-state index contributed by atoms with van der Waals surface area (Å²) in [5, 5.41) is 9.53. The Hall–Kier alpha value is -0.780. The van der Waals surface area contributed by atoms with Gasteiger partial charge in [-0.15, -0.1) is 5.73 Å². The maximum atomic E-state index is 9.53. The van der Waals surface area contributed by atoms with E-state index in [0.717, 1.165) is 5.57 Å². The molecule has 0 amide bonds. The molecule has 1 heteroatoms. The van der Waals surface area contributed by atoms with Crippen LogP contribution in [0.4, 0.5) is 0 Å². The highest BCUT2D eigenvalue weighted by Crippen LogP contribution is 2.49. The molecule has 0 heterocycles. The van der Waals surface area contributed by atoms with Crippen LogP contribution in [-0.4, -0.2) is 11.2 Å². The van der Waals surface area contributed by atoms with Gasteiger partial charge in [0, 0.05) is 16.6 Å². The summed E-state index contributed by atoms with van der Waals surface area (Å²) in [6.45, 7) is 6.30. The average molecular weight is 148 g/mol. The number of hydrogen-bond donors (Lipinski definition) is 1. The van der Waals surface area contributed by atoms with E-state index in [1.165, 1.54) is 11.1 Å². The number of rotatable bonds is 0. The van der Waals surface area contributed by atoms with E-state index in [0.29, 0.717) is 0 Å². The van der Waals surface area contributed by atoms with Crippen molar-refractivity contribution in [1.29, 1.82) is 0 Å². The highest BCUT2D eigenvalue weighted by molar-refractivity contribution is 5.55. The molecule has 1 nitrogen and oxygen atoms in total. The summed E-state index contributed by atoms with van der Waals surface area (Å²) in [7, 11) is 0. The minimum atomic E-state index is -0.387. The smallest absolute Gasteiger partial charge is 0.102 e. The van der Waals surface area contributed by atoms with Crippen molar-refractivity contribution >= 4 is 0 Å². The minimum Gasteiger partial charge on any atom is -0.384 e. The van der Waals surface area contributed by atoms with Gasteiger partial charge in [0.25, 0.3) is 0 Å². The van der Waals surface area contributed by atoms with E-state index in [1.807, 2.05) is 13.0 Å². The molecule has 3 aliphatic rings. The molecule has 0 aliphatic heterocycles. The largest absolute Gasteiger partial charge is 0.384 e. The first kappa shape index (κ1) is 6.90. The molecule has 0 saturated carbocycles. The van der Waals surface area contributed by atoms with Crippen molar-refractivity contribution in [3.63, 3.8) is 0 Å². The first-order valence-corrected chi connectivity index (χ1v) is 3.92. The SMILES string of the molecule is CC1=C[C@H](O)C2=C=C1C2(C)C. The highest BCUT2D eigenvalue weighted by atomic mass is 16.3. The molecule has 58 valence electrons. The van der Waals surface area contributed by atoms with Gasteiger partial charge in [-0.05, 0) is 18.6 Å². The van der Waals surface area contributed by atoms with E-state index in [-0.39, 0.29) is 11.5 Å². The summed E-state index contributed by atoms with van der Waals surface area (Å²) >= 11 is 0. The van der Waals surface area contributed by atoms with Crippen LogP contribution < -0.4 is 0 Å². The van der Waals surface area contributed by atoms with Gasteiger partial charge in [-0.25, -0.2) is 0 Å². The van der Waals surface area contributed by atoms with E-state index in [1.54, 1.807) is 0 Å². The third-order valence-corrected chi connectivity index (χ3v) is 2.66. The van der Waals surface area contributed by atoms with E-state index in [2.05, 4.69) is 19.6 Å². The van der Waals surface area contributed by atoms with Gasteiger partial charge in [-0.1, -0.05) is 13.8 Å². The van der Waals surface area contributed by atoms with Gasteiger partial charge in [0.2, 0.25) is 0 Å². The first-order valence-electron chi connectivity index (χ1n) is 3.92. The molecule has 3 aliphatic carbocycles. The second kappa shape index (κ2) is 1.69. The van der Waals surface area contributed by atoms with Gasteiger partial charge >= 0.3 is 0 Å². The summed E-state index contributed by atoms with van der Waals surface area (Å²) in [4.78, 5) is 0.